The van der Waals surface area contributed by atoms with E-state index in [-0.39, 0.29) is 17.7 Å². The van der Waals surface area contributed by atoms with Crippen LogP contribution in [0.5, 0.6) is 17.2 Å². The zero-order valence-corrected chi connectivity index (χ0v) is 18.9. The Morgan fingerprint density at radius 3 is 2.39 bits per heavy atom. The van der Waals surface area contributed by atoms with E-state index in [9.17, 15) is 9.50 Å². The monoisotopic (exact) mass is 458 g/mol. The fourth-order valence-corrected chi connectivity index (χ4v) is 5.39. The van der Waals surface area contributed by atoms with Crippen LogP contribution in [0.4, 0.5) is 4.39 Å². The van der Waals surface area contributed by atoms with Gasteiger partial charge in [-0.15, -0.1) is 11.8 Å². The Morgan fingerprint density at radius 1 is 0.939 bits per heavy atom. The minimum absolute atomic E-state index is 0.197. The molecule has 3 nitrogen and oxygen atoms in total. The Balaban J connectivity index is 1.49. The highest BCUT2D eigenvalue weighted by atomic mass is 32.2. The van der Waals surface area contributed by atoms with Crippen molar-refractivity contribution in [2.75, 3.05) is 0 Å². The summed E-state index contributed by atoms with van der Waals surface area (Å²) in [6.07, 6.45) is -0.356. The Bertz CT molecular complexity index is 1240. The van der Waals surface area contributed by atoms with E-state index in [0.29, 0.717) is 6.61 Å². The average molecular weight is 459 g/mol. The first kappa shape index (κ1) is 21.4. The van der Waals surface area contributed by atoms with E-state index in [0.717, 1.165) is 33.1 Å². The number of ether oxygens (including phenoxy) is 2. The van der Waals surface area contributed by atoms with Gasteiger partial charge in [0.1, 0.15) is 35.8 Å². The van der Waals surface area contributed by atoms with Gasteiger partial charge < -0.3 is 14.6 Å². The molecular formula is C28H23FO3S. The molecule has 0 saturated heterocycles. The van der Waals surface area contributed by atoms with E-state index in [4.69, 9.17) is 9.47 Å². The fraction of sp³-hybridized carbons (Fsp3) is 0.143. The molecule has 0 aliphatic carbocycles. The standard InChI is InChI=1S/C28H23FO3S/c1-28(21-9-11-22(29)12-10-21)27(20-7-13-23(30)14-8-20)32-25-17-24(15-16-26(25)33-28)31-18-19-5-3-2-4-6-19/h2-17,27,30H,18H2,1H3/t27-,28?/m1/s1. The number of benzene rings is 4. The molecule has 5 rings (SSSR count). The molecule has 0 radical (unpaired) electrons. The summed E-state index contributed by atoms with van der Waals surface area (Å²) in [6.45, 7) is 2.58. The van der Waals surface area contributed by atoms with Crippen LogP contribution in [0.3, 0.4) is 0 Å². The second-order valence-electron chi connectivity index (χ2n) is 8.19. The maximum Gasteiger partial charge on any atom is 0.143 e. The van der Waals surface area contributed by atoms with E-state index >= 15 is 0 Å². The summed E-state index contributed by atoms with van der Waals surface area (Å²) >= 11 is 1.68. The molecule has 1 aliphatic heterocycles. The van der Waals surface area contributed by atoms with Gasteiger partial charge in [-0.1, -0.05) is 54.6 Å². The number of hydrogen-bond acceptors (Lipinski definition) is 4. The van der Waals surface area contributed by atoms with Crippen molar-refractivity contribution in [3.63, 3.8) is 0 Å². The summed E-state index contributed by atoms with van der Waals surface area (Å²) < 4.78 is 25.7. The Morgan fingerprint density at radius 2 is 1.67 bits per heavy atom. The number of aromatic hydroxyl groups is 1. The smallest absolute Gasteiger partial charge is 0.143 e. The molecule has 1 heterocycles. The second kappa shape index (κ2) is 8.83. The van der Waals surface area contributed by atoms with Gasteiger partial charge >= 0.3 is 0 Å². The van der Waals surface area contributed by atoms with Crippen molar-refractivity contribution in [2.45, 2.75) is 29.3 Å². The van der Waals surface area contributed by atoms with Crippen LogP contribution in [0, 0.1) is 5.82 Å². The summed E-state index contributed by atoms with van der Waals surface area (Å²) in [5.74, 6) is 1.39. The van der Waals surface area contributed by atoms with Crippen molar-refractivity contribution in [3.05, 3.63) is 120 Å². The molecule has 0 saturated carbocycles. The number of thioether (sulfide) groups is 1. The zero-order chi connectivity index (χ0) is 22.8. The second-order valence-corrected chi connectivity index (χ2v) is 9.68. The van der Waals surface area contributed by atoms with Crippen LogP contribution in [0.1, 0.15) is 29.7 Å². The summed E-state index contributed by atoms with van der Waals surface area (Å²) in [4.78, 5) is 0.990. The third kappa shape index (κ3) is 4.41. The lowest BCUT2D eigenvalue weighted by atomic mass is 9.89. The minimum Gasteiger partial charge on any atom is -0.508 e. The summed E-state index contributed by atoms with van der Waals surface area (Å²) in [5.41, 5.74) is 2.98. The van der Waals surface area contributed by atoms with Crippen LogP contribution in [0.2, 0.25) is 0 Å². The van der Waals surface area contributed by atoms with E-state index < -0.39 is 4.75 Å². The van der Waals surface area contributed by atoms with Gasteiger partial charge in [-0.3, -0.25) is 0 Å². The van der Waals surface area contributed by atoms with Crippen molar-refractivity contribution < 1.29 is 19.0 Å². The molecule has 1 N–H and O–H groups in total. The average Bonchev–Trinajstić information content (AvgIpc) is 2.84. The molecule has 0 fully saturated rings. The van der Waals surface area contributed by atoms with Crippen molar-refractivity contribution in [3.8, 4) is 17.2 Å². The molecule has 2 atom stereocenters. The fourth-order valence-electron chi connectivity index (χ4n) is 4.04. The number of fused-ring (bicyclic) bond motifs is 1. The molecule has 4 aromatic carbocycles. The van der Waals surface area contributed by atoms with Gasteiger partial charge in [-0.2, -0.15) is 0 Å². The first-order chi connectivity index (χ1) is 16.0. The van der Waals surface area contributed by atoms with Crippen molar-refractivity contribution in [1.29, 1.82) is 0 Å². The summed E-state index contributed by atoms with van der Waals surface area (Å²) in [7, 11) is 0. The lowest BCUT2D eigenvalue weighted by Crippen LogP contribution is -2.34. The van der Waals surface area contributed by atoms with E-state index in [2.05, 4.69) is 6.92 Å². The van der Waals surface area contributed by atoms with Crippen LogP contribution < -0.4 is 9.47 Å². The highest BCUT2D eigenvalue weighted by Gasteiger charge is 2.44. The Labute approximate surface area is 196 Å². The van der Waals surface area contributed by atoms with Crippen LogP contribution in [0.15, 0.2) is 102 Å². The van der Waals surface area contributed by atoms with Crippen LogP contribution in [-0.4, -0.2) is 5.11 Å². The lowest BCUT2D eigenvalue weighted by molar-refractivity contribution is 0.150. The van der Waals surface area contributed by atoms with E-state index in [1.54, 1.807) is 36.0 Å². The Hall–Kier alpha value is -3.44. The molecule has 4 aromatic rings. The SMILES string of the molecule is CC1(c2ccc(F)cc2)Sc2ccc(OCc3ccccc3)cc2O[C@@H]1c1ccc(O)cc1. The first-order valence-corrected chi connectivity index (χ1v) is 11.5. The normalized spacial score (nSPS) is 19.4. The van der Waals surface area contributed by atoms with Crippen LogP contribution in [-0.2, 0) is 11.4 Å². The molecule has 0 bridgehead atoms. The van der Waals surface area contributed by atoms with Gasteiger partial charge in [0, 0.05) is 6.07 Å². The predicted octanol–water partition coefficient (Wildman–Crippen LogP) is 7.25. The van der Waals surface area contributed by atoms with Crippen molar-refractivity contribution >= 4 is 11.8 Å². The molecule has 1 aliphatic rings. The number of rotatable bonds is 5. The molecule has 33 heavy (non-hydrogen) atoms. The molecule has 5 heteroatoms. The summed E-state index contributed by atoms with van der Waals surface area (Å²) in [6, 6.07) is 29.5. The highest BCUT2D eigenvalue weighted by molar-refractivity contribution is 8.00. The summed E-state index contributed by atoms with van der Waals surface area (Å²) in [5, 5.41) is 9.78. The third-order valence-corrected chi connectivity index (χ3v) is 7.27. The Kier molecular flexibility index (Phi) is 5.73. The molecule has 1 unspecified atom stereocenters. The van der Waals surface area contributed by atoms with Gasteiger partial charge in [0.2, 0.25) is 0 Å². The number of phenolic OH excluding ortho intramolecular Hbond substituents is 1. The number of halogens is 1. The quantitative estimate of drug-likeness (QED) is 0.342. The van der Waals surface area contributed by atoms with Gasteiger partial charge in [0.25, 0.3) is 0 Å². The lowest BCUT2D eigenvalue weighted by Gasteiger charge is -2.42. The molecule has 0 spiro atoms. The van der Waals surface area contributed by atoms with Crippen LogP contribution in [0.25, 0.3) is 0 Å². The van der Waals surface area contributed by atoms with Gasteiger partial charge in [0.05, 0.1) is 9.64 Å². The predicted molar refractivity (Wildman–Crippen MR) is 128 cm³/mol. The van der Waals surface area contributed by atoms with Gasteiger partial charge in [0.15, 0.2) is 0 Å². The topological polar surface area (TPSA) is 38.7 Å². The molecular weight excluding hydrogens is 435 g/mol. The van der Waals surface area contributed by atoms with E-state index in [1.807, 2.05) is 60.7 Å². The van der Waals surface area contributed by atoms with E-state index in [1.165, 1.54) is 12.1 Å². The third-order valence-electron chi connectivity index (χ3n) is 5.84. The van der Waals surface area contributed by atoms with Gasteiger partial charge in [-0.05, 0) is 60.0 Å². The zero-order valence-electron chi connectivity index (χ0n) is 18.1. The first-order valence-electron chi connectivity index (χ1n) is 10.7. The van der Waals surface area contributed by atoms with Crippen molar-refractivity contribution in [1.82, 2.24) is 0 Å². The number of hydrogen-bond donors (Lipinski definition) is 1. The largest absolute Gasteiger partial charge is 0.508 e. The molecule has 166 valence electrons. The van der Waals surface area contributed by atoms with Crippen LogP contribution >= 0.6 is 11.8 Å². The molecule has 0 aromatic heterocycles. The number of phenols is 1. The molecule has 0 amide bonds. The van der Waals surface area contributed by atoms with Crippen molar-refractivity contribution in [2.24, 2.45) is 0 Å². The highest BCUT2D eigenvalue weighted by Crippen LogP contribution is 2.57. The maximum atomic E-state index is 13.6. The van der Waals surface area contributed by atoms with Gasteiger partial charge in [-0.25, -0.2) is 4.39 Å². The maximum absolute atomic E-state index is 13.6. The minimum atomic E-state index is -0.510.